The molecule has 0 aliphatic heterocycles. The second-order valence-electron chi connectivity index (χ2n) is 0.183. The van der Waals surface area contributed by atoms with Gasteiger partial charge in [-0.1, -0.05) is 19.0 Å². The van der Waals surface area contributed by atoms with Gasteiger partial charge in [-0.05, 0) is 0 Å². The average molecular weight is 75.1 g/mol. The van der Waals surface area contributed by atoms with Gasteiger partial charge < -0.3 is 0 Å². The smallest absolute Gasteiger partial charge is 0.0700 e. The summed E-state index contributed by atoms with van der Waals surface area (Å²) in [5.74, 6) is 0. The number of nitroso groups, excluding NO2 is 1. The molecule has 0 N–H and O–H groups in total. The van der Waals surface area contributed by atoms with E-state index < -0.39 is 0 Å². The molecule has 0 aromatic carbocycles. The molecule has 0 saturated carbocycles. The maximum atomic E-state index is 8.56. The van der Waals surface area contributed by atoms with Crippen LogP contribution in [0.3, 0.4) is 0 Å². The minimum atomic E-state index is 1.19. The maximum Gasteiger partial charge on any atom is 0.0700 e. The van der Waals surface area contributed by atoms with Crippen molar-refractivity contribution in [3.8, 4) is 0 Å². The van der Waals surface area contributed by atoms with Crippen molar-refractivity contribution in [3.63, 3.8) is 0 Å². The molecule has 0 fully saturated rings. The van der Waals surface area contributed by atoms with Crippen LogP contribution in [0.5, 0.6) is 0 Å². The van der Waals surface area contributed by atoms with Gasteiger partial charge in [-0.15, -0.1) is 0 Å². The summed E-state index contributed by atoms with van der Waals surface area (Å²) in [5.41, 5.74) is 0. The lowest BCUT2D eigenvalue weighted by Crippen LogP contribution is -1.21. The van der Waals surface area contributed by atoms with E-state index in [0.717, 1.165) is 0 Å². The van der Waals surface area contributed by atoms with E-state index in [9.17, 15) is 0 Å². The van der Waals surface area contributed by atoms with Gasteiger partial charge in [0, 0.05) is 0 Å². The number of hydrogen-bond donors (Lipinski definition) is 0. The van der Waals surface area contributed by atoms with Crippen LogP contribution in [0.4, 0.5) is 0 Å². The van der Waals surface area contributed by atoms with E-state index in [2.05, 4.69) is 5.18 Å². The molecule has 0 aromatic heterocycles. The van der Waals surface area contributed by atoms with E-state index in [1.165, 1.54) is 7.05 Å². The highest BCUT2D eigenvalue weighted by molar-refractivity contribution is 4.01. The van der Waals surface area contributed by atoms with Crippen LogP contribution in [-0.2, 0) is 0 Å². The average Bonchev–Trinajstić information content (AvgIpc) is 1.46. The summed E-state index contributed by atoms with van der Waals surface area (Å²) < 4.78 is 0. The topological polar surface area (TPSA) is 29.4 Å². The van der Waals surface area contributed by atoms with Gasteiger partial charge in [-0.2, -0.15) is 4.91 Å². The summed E-state index contributed by atoms with van der Waals surface area (Å²) >= 11 is 0. The van der Waals surface area contributed by atoms with Crippen molar-refractivity contribution in [3.05, 3.63) is 4.91 Å². The summed E-state index contributed by atoms with van der Waals surface area (Å²) in [6.07, 6.45) is 0. The summed E-state index contributed by atoms with van der Waals surface area (Å²) in [6.45, 7) is 4.00. The van der Waals surface area contributed by atoms with Crippen LogP contribution < -0.4 is 0 Å². The van der Waals surface area contributed by atoms with E-state index in [4.69, 9.17) is 4.91 Å². The van der Waals surface area contributed by atoms with Crippen molar-refractivity contribution in [2.45, 2.75) is 13.8 Å². The van der Waals surface area contributed by atoms with Crippen molar-refractivity contribution in [1.29, 1.82) is 0 Å². The largest absolute Gasteiger partial charge is 0.151 e. The van der Waals surface area contributed by atoms with Gasteiger partial charge in [-0.25, -0.2) is 0 Å². The Kier molecular flexibility index (Phi) is 119. The van der Waals surface area contributed by atoms with Crippen molar-refractivity contribution < 1.29 is 0 Å². The molecule has 0 rings (SSSR count). The number of rotatable bonds is 0. The van der Waals surface area contributed by atoms with Crippen LogP contribution >= 0.6 is 0 Å². The standard InChI is InChI=1S/C2H6.CH3NO/c1-2;1-2-3/h1-2H3;1H3. The van der Waals surface area contributed by atoms with E-state index >= 15 is 0 Å². The molecule has 0 spiro atoms. The molecule has 2 heteroatoms. The summed E-state index contributed by atoms with van der Waals surface area (Å²) in [7, 11) is 1.19. The van der Waals surface area contributed by atoms with Crippen LogP contribution in [0.2, 0.25) is 0 Å². The van der Waals surface area contributed by atoms with Crippen molar-refractivity contribution >= 4 is 0 Å². The Morgan fingerprint density at radius 2 is 1.40 bits per heavy atom. The zero-order valence-electron chi connectivity index (χ0n) is 3.86. The SMILES string of the molecule is CC.CN=O. The van der Waals surface area contributed by atoms with Gasteiger partial charge in [0.25, 0.3) is 0 Å². The minimum absolute atomic E-state index is 1.19. The van der Waals surface area contributed by atoms with Gasteiger partial charge in [0.1, 0.15) is 0 Å². The zero-order valence-corrected chi connectivity index (χ0v) is 3.86. The second-order valence-corrected chi connectivity index (χ2v) is 0.183. The van der Waals surface area contributed by atoms with E-state index in [-0.39, 0.29) is 0 Å². The van der Waals surface area contributed by atoms with Gasteiger partial charge >= 0.3 is 0 Å². The Morgan fingerprint density at radius 1 is 1.40 bits per heavy atom. The van der Waals surface area contributed by atoms with Gasteiger partial charge in [0.05, 0.1) is 7.05 Å². The molecule has 2 nitrogen and oxygen atoms in total. The monoisotopic (exact) mass is 75.1 g/mol. The molecule has 0 unspecified atom stereocenters. The third kappa shape index (κ3) is 57.6. The first-order valence-corrected chi connectivity index (χ1v) is 1.63. The zero-order chi connectivity index (χ0) is 4.71. The first-order valence-electron chi connectivity index (χ1n) is 1.63. The van der Waals surface area contributed by atoms with Crippen LogP contribution in [0.25, 0.3) is 0 Å². The molecule has 0 aliphatic rings. The molecule has 0 radical (unpaired) electrons. The molecule has 32 valence electrons. The van der Waals surface area contributed by atoms with Crippen LogP contribution in [0.1, 0.15) is 13.8 Å². The quantitative estimate of drug-likeness (QED) is 0.400. The van der Waals surface area contributed by atoms with Crippen LogP contribution in [-0.4, -0.2) is 7.05 Å². The van der Waals surface area contributed by atoms with Crippen molar-refractivity contribution in [1.82, 2.24) is 0 Å². The Hall–Kier alpha value is -0.400. The first kappa shape index (κ1) is 8.82. The third-order valence-electron chi connectivity index (χ3n) is 0. The first-order chi connectivity index (χ1) is 2.41. The van der Waals surface area contributed by atoms with Crippen molar-refractivity contribution in [2.75, 3.05) is 7.05 Å². The predicted octanol–water partition coefficient (Wildman–Crippen LogP) is 1.41. The minimum Gasteiger partial charge on any atom is -0.151 e. The normalized spacial score (nSPS) is 3.80. The molecule has 0 heterocycles. The summed E-state index contributed by atoms with van der Waals surface area (Å²) in [6, 6.07) is 0. The lowest BCUT2D eigenvalue weighted by molar-refractivity contribution is 1.42. The van der Waals surface area contributed by atoms with Crippen molar-refractivity contribution in [2.24, 2.45) is 5.18 Å². The highest BCUT2D eigenvalue weighted by Crippen LogP contribution is 1.27. The molecule has 0 aromatic rings. The highest BCUT2D eigenvalue weighted by Gasteiger charge is 1.19. The second kappa shape index (κ2) is 67.6. The van der Waals surface area contributed by atoms with E-state index in [1.807, 2.05) is 13.8 Å². The molecule has 0 aliphatic carbocycles. The third-order valence-corrected chi connectivity index (χ3v) is 0. The molecule has 5 heavy (non-hydrogen) atoms. The maximum absolute atomic E-state index is 8.56. The molecular weight excluding hydrogens is 66.0 g/mol. The molecule has 0 amide bonds. The predicted molar refractivity (Wildman–Crippen MR) is 23.1 cm³/mol. The molecule has 0 saturated heterocycles. The van der Waals surface area contributed by atoms with Gasteiger partial charge in [0.2, 0.25) is 0 Å². The fraction of sp³-hybridized carbons (Fsp3) is 1.00. The molecule has 0 bridgehead atoms. The fourth-order valence-corrected chi connectivity index (χ4v) is 0. The lowest BCUT2D eigenvalue weighted by Gasteiger charge is -1.27. The van der Waals surface area contributed by atoms with Gasteiger partial charge in [-0.3, -0.25) is 0 Å². The van der Waals surface area contributed by atoms with Crippen LogP contribution in [0.15, 0.2) is 5.18 Å². The summed E-state index contributed by atoms with van der Waals surface area (Å²) in [5, 5.41) is 2.25. The van der Waals surface area contributed by atoms with E-state index in [1.54, 1.807) is 0 Å². The fourth-order valence-electron chi connectivity index (χ4n) is 0. The molecule has 0 atom stereocenters. The number of hydrogen-bond acceptors (Lipinski definition) is 2. The van der Waals surface area contributed by atoms with E-state index in [0.29, 0.717) is 0 Å². The Labute approximate surface area is 32.2 Å². The van der Waals surface area contributed by atoms with Gasteiger partial charge in [0.15, 0.2) is 0 Å². The highest BCUT2D eigenvalue weighted by atomic mass is 16.2. The molecular formula is C3H9NO. The number of nitrogens with zero attached hydrogens (tertiary/aromatic N) is 1. The Bertz CT molecular complexity index is 14.4. The Balaban J connectivity index is 0. The lowest BCUT2D eigenvalue weighted by atomic mass is 11.0. The Morgan fingerprint density at radius 3 is 1.40 bits per heavy atom. The van der Waals surface area contributed by atoms with Crippen LogP contribution in [0, 0.1) is 4.91 Å². The summed E-state index contributed by atoms with van der Waals surface area (Å²) in [4.78, 5) is 8.56.